The molecule has 3 aromatic rings. The summed E-state index contributed by atoms with van der Waals surface area (Å²) >= 11 is 0. The van der Waals surface area contributed by atoms with Gasteiger partial charge in [-0.15, -0.1) is 0 Å². The van der Waals surface area contributed by atoms with Gasteiger partial charge in [-0.25, -0.2) is 4.98 Å². The van der Waals surface area contributed by atoms with Crippen molar-refractivity contribution in [3.63, 3.8) is 0 Å². The summed E-state index contributed by atoms with van der Waals surface area (Å²) in [5.74, 6) is 0.440. The van der Waals surface area contributed by atoms with Gasteiger partial charge in [0, 0.05) is 17.7 Å². The van der Waals surface area contributed by atoms with Gasteiger partial charge >= 0.3 is 0 Å². The van der Waals surface area contributed by atoms with E-state index >= 15 is 0 Å². The van der Waals surface area contributed by atoms with Crippen LogP contribution < -0.4 is 5.32 Å². The Morgan fingerprint density at radius 3 is 2.50 bits per heavy atom. The van der Waals surface area contributed by atoms with E-state index < -0.39 is 4.92 Å². The van der Waals surface area contributed by atoms with E-state index in [0.29, 0.717) is 29.4 Å². The Bertz CT molecular complexity index is 898. The van der Waals surface area contributed by atoms with E-state index in [1.807, 2.05) is 38.1 Å². The van der Waals surface area contributed by atoms with Gasteiger partial charge in [-0.3, -0.25) is 14.9 Å². The topological polar surface area (TPSA) is 98.3 Å². The molecule has 0 aliphatic rings. The maximum Gasteiger partial charge on any atom is 0.269 e. The molecule has 0 aliphatic heterocycles. The molecule has 0 radical (unpaired) electrons. The summed E-state index contributed by atoms with van der Waals surface area (Å²) in [5.41, 5.74) is 1.70. The first-order chi connectivity index (χ1) is 12.4. The van der Waals surface area contributed by atoms with Crippen LogP contribution in [-0.4, -0.2) is 15.8 Å². The Morgan fingerprint density at radius 2 is 1.88 bits per heavy atom. The summed E-state index contributed by atoms with van der Waals surface area (Å²) in [6.45, 7) is 4.10. The number of rotatable bonds is 6. The number of carbonyl (C=O) groups excluding carboxylic acids is 1. The third kappa shape index (κ3) is 3.88. The summed E-state index contributed by atoms with van der Waals surface area (Å²) in [4.78, 5) is 27.3. The summed E-state index contributed by atoms with van der Waals surface area (Å²) in [6, 6.07) is 12.5. The zero-order valence-electron chi connectivity index (χ0n) is 14.5. The molecule has 1 amide bonds. The van der Waals surface area contributed by atoms with Gasteiger partial charge in [0.05, 0.1) is 4.92 Å². The first-order valence-electron chi connectivity index (χ1n) is 8.35. The third-order valence-corrected chi connectivity index (χ3v) is 3.96. The van der Waals surface area contributed by atoms with Gasteiger partial charge < -0.3 is 9.73 Å². The Morgan fingerprint density at radius 1 is 1.19 bits per heavy atom. The molecule has 2 aromatic carbocycles. The number of fused-ring (bicyclic) bond motifs is 1. The molecule has 3 rings (SSSR count). The smallest absolute Gasteiger partial charge is 0.269 e. The summed E-state index contributed by atoms with van der Waals surface area (Å²) in [5, 5.41) is 13.7. The van der Waals surface area contributed by atoms with Crippen molar-refractivity contribution < 1.29 is 14.1 Å². The molecular formula is C19H19N3O4. The predicted octanol–water partition coefficient (Wildman–Crippen LogP) is 4.25. The zero-order chi connectivity index (χ0) is 18.7. The average molecular weight is 353 g/mol. The predicted molar refractivity (Wildman–Crippen MR) is 96.8 cm³/mol. The molecule has 0 aliphatic carbocycles. The zero-order valence-corrected chi connectivity index (χ0v) is 14.5. The summed E-state index contributed by atoms with van der Waals surface area (Å²) < 4.78 is 5.80. The van der Waals surface area contributed by atoms with E-state index in [0.717, 1.165) is 5.52 Å². The molecule has 0 spiro atoms. The molecular weight excluding hydrogens is 334 g/mol. The van der Waals surface area contributed by atoms with Crippen LogP contribution in [0.4, 0.5) is 5.69 Å². The number of oxazole rings is 1. The number of carbonyl (C=O) groups is 1. The molecule has 134 valence electrons. The number of nitro benzene ring substituents is 1. The highest BCUT2D eigenvalue weighted by Gasteiger charge is 2.22. The number of hydrogen-bond acceptors (Lipinski definition) is 5. The number of non-ortho nitro benzene ring substituents is 1. The van der Waals surface area contributed by atoms with Crippen molar-refractivity contribution in [3.05, 3.63) is 70.1 Å². The van der Waals surface area contributed by atoms with Crippen LogP contribution in [0.1, 0.15) is 42.6 Å². The van der Waals surface area contributed by atoms with Crippen molar-refractivity contribution in [3.8, 4) is 0 Å². The normalized spacial score (nSPS) is 12.3. The first kappa shape index (κ1) is 17.6. The van der Waals surface area contributed by atoms with E-state index in [4.69, 9.17) is 4.42 Å². The van der Waals surface area contributed by atoms with Crippen molar-refractivity contribution in [2.75, 3.05) is 0 Å². The second kappa shape index (κ2) is 7.35. The third-order valence-electron chi connectivity index (χ3n) is 3.96. The number of nitro groups is 1. The maximum atomic E-state index is 12.6. The quantitative estimate of drug-likeness (QED) is 0.527. The number of amides is 1. The van der Waals surface area contributed by atoms with Crippen molar-refractivity contribution in [2.45, 2.75) is 26.3 Å². The molecule has 0 unspecified atom stereocenters. The lowest BCUT2D eigenvalue weighted by atomic mass is 10.0. The molecule has 7 heteroatoms. The fraction of sp³-hybridized carbons (Fsp3) is 0.263. The van der Waals surface area contributed by atoms with Gasteiger partial charge in [-0.2, -0.15) is 0 Å². The van der Waals surface area contributed by atoms with Gasteiger partial charge in [0.15, 0.2) is 5.58 Å². The number of aromatic nitrogens is 1. The highest BCUT2D eigenvalue weighted by molar-refractivity contribution is 5.94. The van der Waals surface area contributed by atoms with Gasteiger partial charge in [-0.1, -0.05) is 26.0 Å². The monoisotopic (exact) mass is 353 g/mol. The molecule has 26 heavy (non-hydrogen) atoms. The van der Waals surface area contributed by atoms with Crippen LogP contribution in [0.15, 0.2) is 52.9 Å². The summed E-state index contributed by atoms with van der Waals surface area (Å²) in [6.07, 6.45) is 0.658. The van der Waals surface area contributed by atoms with Gasteiger partial charge in [-0.05, 0) is 36.6 Å². The number of hydrogen-bond donors (Lipinski definition) is 1. The minimum atomic E-state index is -0.498. The molecule has 0 bridgehead atoms. The average Bonchev–Trinajstić information content (AvgIpc) is 3.05. The largest absolute Gasteiger partial charge is 0.438 e. The Labute approximate surface area is 150 Å². The fourth-order valence-corrected chi connectivity index (χ4v) is 2.71. The van der Waals surface area contributed by atoms with Crippen molar-refractivity contribution in [2.24, 2.45) is 5.92 Å². The molecule has 1 aromatic heterocycles. The van der Waals surface area contributed by atoms with Crippen molar-refractivity contribution in [1.82, 2.24) is 10.3 Å². The van der Waals surface area contributed by atoms with E-state index in [-0.39, 0.29) is 17.6 Å². The van der Waals surface area contributed by atoms with Crippen molar-refractivity contribution >= 4 is 22.7 Å². The van der Waals surface area contributed by atoms with E-state index in [9.17, 15) is 14.9 Å². The maximum absolute atomic E-state index is 12.6. The number of benzene rings is 2. The molecule has 0 fully saturated rings. The second-order valence-corrected chi connectivity index (χ2v) is 6.48. The standard InChI is InChI=1S/C19H19N3O4/c1-12(2)11-16(19-21-15-5-3-4-6-17(15)26-19)20-18(23)13-7-9-14(10-8-13)22(24)25/h3-10,12,16H,11H2,1-2H3,(H,20,23)/t16-/m1/s1. The van der Waals surface area contributed by atoms with Crippen molar-refractivity contribution in [1.29, 1.82) is 0 Å². The Hall–Kier alpha value is -3.22. The molecule has 7 nitrogen and oxygen atoms in total. The molecule has 0 saturated heterocycles. The van der Waals surface area contributed by atoms with E-state index in [1.165, 1.54) is 24.3 Å². The highest BCUT2D eigenvalue weighted by Crippen LogP contribution is 2.25. The van der Waals surface area contributed by atoms with Crippen LogP contribution in [-0.2, 0) is 0 Å². The van der Waals surface area contributed by atoms with Crippen LogP contribution in [0.2, 0.25) is 0 Å². The summed E-state index contributed by atoms with van der Waals surface area (Å²) in [7, 11) is 0. The van der Waals surface area contributed by atoms with Crippen LogP contribution in [0.25, 0.3) is 11.1 Å². The second-order valence-electron chi connectivity index (χ2n) is 6.48. The Balaban J connectivity index is 1.83. The number of para-hydroxylation sites is 2. The molecule has 1 N–H and O–H groups in total. The SMILES string of the molecule is CC(C)C[C@@H](NC(=O)c1ccc([N+](=O)[O-])cc1)c1nc2ccccc2o1. The molecule has 1 heterocycles. The number of nitrogens with zero attached hydrogens (tertiary/aromatic N) is 2. The minimum absolute atomic E-state index is 0.0563. The lowest BCUT2D eigenvalue weighted by Crippen LogP contribution is -2.29. The van der Waals surface area contributed by atoms with Crippen LogP contribution in [0.5, 0.6) is 0 Å². The van der Waals surface area contributed by atoms with Gasteiger partial charge in [0.25, 0.3) is 11.6 Å². The highest BCUT2D eigenvalue weighted by atomic mass is 16.6. The van der Waals surface area contributed by atoms with Crippen LogP contribution in [0, 0.1) is 16.0 Å². The fourth-order valence-electron chi connectivity index (χ4n) is 2.71. The Kier molecular flexibility index (Phi) is 4.97. The van der Waals surface area contributed by atoms with Gasteiger partial charge in [0.1, 0.15) is 11.6 Å². The first-order valence-corrected chi connectivity index (χ1v) is 8.35. The molecule has 1 atom stereocenters. The number of nitrogens with one attached hydrogen (secondary N) is 1. The lowest BCUT2D eigenvalue weighted by molar-refractivity contribution is -0.384. The van der Waals surface area contributed by atoms with Crippen LogP contribution >= 0.6 is 0 Å². The molecule has 0 saturated carbocycles. The van der Waals surface area contributed by atoms with E-state index in [2.05, 4.69) is 10.3 Å². The van der Waals surface area contributed by atoms with E-state index in [1.54, 1.807) is 0 Å². The van der Waals surface area contributed by atoms with Gasteiger partial charge in [0.2, 0.25) is 5.89 Å². The van der Waals surface area contributed by atoms with Crippen LogP contribution in [0.3, 0.4) is 0 Å². The lowest BCUT2D eigenvalue weighted by Gasteiger charge is -2.17. The minimum Gasteiger partial charge on any atom is -0.438 e.